The van der Waals surface area contributed by atoms with Crippen molar-refractivity contribution < 1.29 is 13.9 Å². The van der Waals surface area contributed by atoms with E-state index in [1.54, 1.807) is 16.9 Å². The molecule has 4 heterocycles. The quantitative estimate of drug-likeness (QED) is 0.276. The minimum atomic E-state index is -0.564. The number of rotatable bonds is 10. The number of imidazole rings is 1. The molecule has 4 aromatic heterocycles. The van der Waals surface area contributed by atoms with Crippen molar-refractivity contribution in [3.8, 4) is 11.4 Å². The zero-order chi connectivity index (χ0) is 26.2. The summed E-state index contributed by atoms with van der Waals surface area (Å²) in [7, 11) is 1.38. The number of fused-ring (bicyclic) bond motifs is 1. The summed E-state index contributed by atoms with van der Waals surface area (Å²) >= 11 is 0. The molecule has 1 fully saturated rings. The van der Waals surface area contributed by atoms with Gasteiger partial charge in [0, 0.05) is 36.5 Å². The highest BCUT2D eigenvalue weighted by atomic mass is 19.1. The van der Waals surface area contributed by atoms with Gasteiger partial charge in [-0.2, -0.15) is 0 Å². The van der Waals surface area contributed by atoms with Gasteiger partial charge in [0.15, 0.2) is 17.3 Å². The van der Waals surface area contributed by atoms with Gasteiger partial charge in [-0.3, -0.25) is 4.79 Å². The number of pyridine rings is 1. The second kappa shape index (κ2) is 9.74. The van der Waals surface area contributed by atoms with E-state index < -0.39 is 5.82 Å². The Hall–Kier alpha value is -4.52. The summed E-state index contributed by atoms with van der Waals surface area (Å²) < 4.78 is 25.1. The van der Waals surface area contributed by atoms with Crippen LogP contribution in [0, 0.1) is 5.82 Å². The van der Waals surface area contributed by atoms with Crippen molar-refractivity contribution in [3.05, 3.63) is 77.0 Å². The number of tetrazole rings is 1. The van der Waals surface area contributed by atoms with Crippen LogP contribution in [0.15, 0.2) is 43.1 Å². The maximum Gasteiger partial charge on any atom is 0.185 e. The van der Waals surface area contributed by atoms with E-state index in [1.807, 2.05) is 10.6 Å². The summed E-state index contributed by atoms with van der Waals surface area (Å²) in [6.45, 7) is 0.754. The molecule has 0 spiro atoms. The highest BCUT2D eigenvalue weighted by molar-refractivity contribution is 5.94. The summed E-state index contributed by atoms with van der Waals surface area (Å²) in [5, 5.41) is 19.2. The van der Waals surface area contributed by atoms with Crippen molar-refractivity contribution in [2.24, 2.45) is 5.73 Å². The lowest BCUT2D eigenvalue weighted by molar-refractivity contribution is 0.0977. The lowest BCUT2D eigenvalue weighted by Crippen LogP contribution is -2.08. The number of aromatic nitrogens is 9. The summed E-state index contributed by atoms with van der Waals surface area (Å²) in [5.41, 5.74) is 10.8. The maximum absolute atomic E-state index is 15.1. The predicted octanol–water partition coefficient (Wildman–Crippen LogP) is 2.25. The van der Waals surface area contributed by atoms with Crippen LogP contribution in [0.2, 0.25) is 0 Å². The minimum absolute atomic E-state index is 0.00999. The molecule has 0 unspecified atom stereocenters. The first kappa shape index (κ1) is 23.9. The number of benzene rings is 1. The molecule has 5 aromatic rings. The first-order valence-corrected chi connectivity index (χ1v) is 12.3. The monoisotopic (exact) mass is 516 g/mol. The number of nitrogens with two attached hydrogens (primary N) is 1. The van der Waals surface area contributed by atoms with E-state index in [0.717, 1.165) is 16.9 Å². The van der Waals surface area contributed by atoms with E-state index in [-0.39, 0.29) is 35.6 Å². The van der Waals surface area contributed by atoms with Crippen LogP contribution in [0.5, 0.6) is 5.75 Å². The van der Waals surface area contributed by atoms with Gasteiger partial charge < -0.3 is 14.9 Å². The Morgan fingerprint density at radius 2 is 2.08 bits per heavy atom. The number of nitrogens with zero attached hydrogens (tertiary/aromatic N) is 9. The Morgan fingerprint density at radius 3 is 2.82 bits per heavy atom. The smallest absolute Gasteiger partial charge is 0.185 e. The van der Waals surface area contributed by atoms with Gasteiger partial charge >= 0.3 is 0 Å². The minimum Gasteiger partial charge on any atom is -0.494 e. The number of hydrogen-bond acceptors (Lipinski definition) is 9. The van der Waals surface area contributed by atoms with Crippen LogP contribution in [0.1, 0.15) is 58.1 Å². The van der Waals surface area contributed by atoms with Gasteiger partial charge in [-0.15, -0.1) is 10.2 Å². The fraction of sp³-hybridized carbons (Fsp3) is 0.320. The van der Waals surface area contributed by atoms with Crippen LogP contribution in [0.25, 0.3) is 11.3 Å². The predicted molar refractivity (Wildman–Crippen MR) is 132 cm³/mol. The Labute approximate surface area is 216 Å². The molecule has 13 heteroatoms. The molecule has 0 atom stereocenters. The van der Waals surface area contributed by atoms with Crippen LogP contribution >= 0.6 is 0 Å². The standard InChI is InChI=1S/C25H25FN10O2/c1-38-23-7-5-21(36-14-28-31-33-36)19(24(23)26)4-6-22(37)20-13-35(32-30-20)12-18-11-34-10-17(15-2-3-15)8-16(9-27)25(34)29-18/h5,7-8,10-11,13-15H,2-4,6,9,12,27H2,1H3. The fourth-order valence-corrected chi connectivity index (χ4v) is 4.62. The van der Waals surface area contributed by atoms with Crippen molar-refractivity contribution in [2.75, 3.05) is 7.11 Å². The number of halogens is 1. The molecule has 1 aliphatic carbocycles. The lowest BCUT2D eigenvalue weighted by Gasteiger charge is -2.12. The second-order valence-electron chi connectivity index (χ2n) is 9.30. The topological polar surface area (TPSA) is 144 Å². The number of ether oxygens (including phenoxy) is 1. The molecule has 12 nitrogen and oxygen atoms in total. The summed E-state index contributed by atoms with van der Waals surface area (Å²) in [4.78, 5) is 17.7. The van der Waals surface area contributed by atoms with Crippen LogP contribution < -0.4 is 10.5 Å². The number of Topliss-reactive ketones (excluding diaryl/α,β-unsaturated/α-hetero) is 1. The number of methoxy groups -OCH3 is 1. The van der Waals surface area contributed by atoms with Gasteiger partial charge in [-0.05, 0) is 59.4 Å². The van der Waals surface area contributed by atoms with Gasteiger partial charge in [-0.1, -0.05) is 5.21 Å². The summed E-state index contributed by atoms with van der Waals surface area (Å²) in [6.07, 6.45) is 9.52. The van der Waals surface area contributed by atoms with Crippen LogP contribution in [0.3, 0.4) is 0 Å². The SMILES string of the molecule is COc1ccc(-n2cnnn2)c(CCC(=O)c2cn(Cc3cn4cc(C5CC5)cc(CN)c4n3)nn2)c1F. The van der Waals surface area contributed by atoms with Crippen LogP contribution in [-0.2, 0) is 19.5 Å². The van der Waals surface area contributed by atoms with Crippen molar-refractivity contribution in [1.82, 2.24) is 44.6 Å². The zero-order valence-electron chi connectivity index (χ0n) is 20.7. The Morgan fingerprint density at radius 1 is 1.21 bits per heavy atom. The second-order valence-corrected chi connectivity index (χ2v) is 9.30. The van der Waals surface area contributed by atoms with Crippen molar-refractivity contribution in [3.63, 3.8) is 0 Å². The molecular formula is C25H25FN10O2. The average molecular weight is 517 g/mol. The molecule has 194 valence electrons. The van der Waals surface area contributed by atoms with E-state index in [9.17, 15) is 4.79 Å². The van der Waals surface area contributed by atoms with E-state index >= 15 is 4.39 Å². The van der Waals surface area contributed by atoms with E-state index in [1.165, 1.54) is 42.6 Å². The van der Waals surface area contributed by atoms with Gasteiger partial charge in [0.05, 0.1) is 31.2 Å². The molecule has 0 amide bonds. The van der Waals surface area contributed by atoms with Crippen LogP contribution in [-0.4, -0.2) is 57.5 Å². The van der Waals surface area contributed by atoms with Crippen LogP contribution in [0.4, 0.5) is 4.39 Å². The molecule has 1 aromatic carbocycles. The largest absolute Gasteiger partial charge is 0.494 e. The third-order valence-corrected chi connectivity index (χ3v) is 6.72. The molecule has 0 aliphatic heterocycles. The molecule has 6 rings (SSSR count). The number of hydrogen-bond donors (Lipinski definition) is 1. The number of ketones is 1. The number of carbonyl (C=O) groups is 1. The first-order chi connectivity index (χ1) is 18.5. The molecular weight excluding hydrogens is 491 g/mol. The van der Waals surface area contributed by atoms with Gasteiger partial charge in [0.1, 0.15) is 17.7 Å². The van der Waals surface area contributed by atoms with Gasteiger partial charge in [-0.25, -0.2) is 18.7 Å². The first-order valence-electron chi connectivity index (χ1n) is 12.3. The highest BCUT2D eigenvalue weighted by Crippen LogP contribution is 2.40. The highest BCUT2D eigenvalue weighted by Gasteiger charge is 2.25. The molecule has 2 N–H and O–H groups in total. The Bertz CT molecular complexity index is 1620. The lowest BCUT2D eigenvalue weighted by atomic mass is 10.0. The molecule has 0 saturated heterocycles. The van der Waals surface area contributed by atoms with Gasteiger partial charge in [0.25, 0.3) is 0 Å². The Balaban J connectivity index is 1.18. The third-order valence-electron chi connectivity index (χ3n) is 6.72. The van der Waals surface area contributed by atoms with Crippen molar-refractivity contribution >= 4 is 11.4 Å². The van der Waals surface area contributed by atoms with E-state index in [4.69, 9.17) is 15.5 Å². The zero-order valence-corrected chi connectivity index (χ0v) is 20.7. The molecule has 38 heavy (non-hydrogen) atoms. The average Bonchev–Trinajstić information content (AvgIpc) is 3.28. The van der Waals surface area contributed by atoms with E-state index in [0.29, 0.717) is 24.7 Å². The third kappa shape index (κ3) is 4.52. The summed E-state index contributed by atoms with van der Waals surface area (Å²) in [5.74, 6) is -0.153. The van der Waals surface area contributed by atoms with Crippen molar-refractivity contribution in [2.45, 2.75) is 44.7 Å². The molecule has 1 aliphatic rings. The van der Waals surface area contributed by atoms with Crippen molar-refractivity contribution in [1.29, 1.82) is 0 Å². The van der Waals surface area contributed by atoms with E-state index in [2.05, 4.69) is 38.1 Å². The fourth-order valence-electron chi connectivity index (χ4n) is 4.62. The Kier molecular flexibility index (Phi) is 6.12. The number of carbonyl (C=O) groups excluding carboxylic acids is 1. The maximum atomic E-state index is 15.1. The molecule has 1 saturated carbocycles. The normalized spacial score (nSPS) is 13.3. The summed E-state index contributed by atoms with van der Waals surface area (Å²) in [6, 6.07) is 5.28. The molecule has 0 radical (unpaired) electrons. The van der Waals surface area contributed by atoms with Gasteiger partial charge in [0.2, 0.25) is 0 Å². The molecule has 0 bridgehead atoms.